The molecule has 0 spiro atoms. The van der Waals surface area contributed by atoms with Gasteiger partial charge in [0.2, 0.25) is 11.8 Å². The minimum absolute atomic E-state index is 0.0279. The van der Waals surface area contributed by atoms with Crippen molar-refractivity contribution in [2.45, 2.75) is 32.5 Å². The molecule has 1 aliphatic rings. The van der Waals surface area contributed by atoms with Crippen molar-refractivity contribution in [1.29, 1.82) is 0 Å². The van der Waals surface area contributed by atoms with Crippen molar-refractivity contribution in [3.8, 4) is 0 Å². The fraction of sp³-hybridized carbons (Fsp3) is 0.800. The van der Waals surface area contributed by atoms with Crippen LogP contribution in [0, 0.1) is 5.92 Å². The molecule has 1 heterocycles. The number of halogens is 3. The molecule has 7 heteroatoms. The molecule has 1 atom stereocenters. The summed E-state index contributed by atoms with van der Waals surface area (Å²) >= 11 is 0. The second-order valence-corrected chi connectivity index (χ2v) is 4.38. The van der Waals surface area contributed by atoms with Gasteiger partial charge in [0.25, 0.3) is 0 Å². The van der Waals surface area contributed by atoms with Gasteiger partial charge in [0, 0.05) is 19.0 Å². The van der Waals surface area contributed by atoms with Crippen LogP contribution in [0.25, 0.3) is 0 Å². The van der Waals surface area contributed by atoms with E-state index in [0.717, 1.165) is 4.90 Å². The van der Waals surface area contributed by atoms with Crippen LogP contribution in [0.4, 0.5) is 13.2 Å². The van der Waals surface area contributed by atoms with Crippen LogP contribution in [0.2, 0.25) is 0 Å². The molecule has 1 unspecified atom stereocenters. The molecule has 0 aromatic carbocycles. The van der Waals surface area contributed by atoms with E-state index in [2.05, 4.69) is 5.32 Å². The van der Waals surface area contributed by atoms with Gasteiger partial charge in [-0.05, 0) is 13.8 Å². The largest absolute Gasteiger partial charge is 0.406 e. The number of nitrogens with zero attached hydrogens (tertiary/aromatic N) is 1. The fourth-order valence-corrected chi connectivity index (χ4v) is 1.72. The third-order valence-corrected chi connectivity index (χ3v) is 2.58. The van der Waals surface area contributed by atoms with Crippen molar-refractivity contribution >= 4 is 11.8 Å². The predicted octanol–water partition coefficient (Wildman–Crippen LogP) is 0.922. The van der Waals surface area contributed by atoms with Gasteiger partial charge in [-0.25, -0.2) is 0 Å². The predicted molar refractivity (Wildman–Crippen MR) is 54.0 cm³/mol. The molecule has 1 saturated heterocycles. The molecule has 0 bridgehead atoms. The van der Waals surface area contributed by atoms with Crippen LogP contribution in [-0.4, -0.2) is 42.0 Å². The molecule has 17 heavy (non-hydrogen) atoms. The van der Waals surface area contributed by atoms with Gasteiger partial charge in [-0.1, -0.05) is 0 Å². The van der Waals surface area contributed by atoms with Crippen LogP contribution < -0.4 is 5.32 Å². The average molecular weight is 252 g/mol. The molecule has 0 radical (unpaired) electrons. The van der Waals surface area contributed by atoms with Gasteiger partial charge in [0.15, 0.2) is 0 Å². The molecule has 1 aliphatic heterocycles. The summed E-state index contributed by atoms with van der Waals surface area (Å²) in [4.78, 5) is 23.5. The van der Waals surface area contributed by atoms with Crippen molar-refractivity contribution in [2.75, 3.05) is 13.1 Å². The van der Waals surface area contributed by atoms with Crippen LogP contribution in [0.3, 0.4) is 0 Å². The van der Waals surface area contributed by atoms with E-state index in [1.54, 1.807) is 0 Å². The molecule has 0 aromatic rings. The van der Waals surface area contributed by atoms with E-state index in [1.807, 2.05) is 0 Å². The third-order valence-electron chi connectivity index (χ3n) is 2.58. The average Bonchev–Trinajstić information content (AvgIpc) is 2.58. The SMILES string of the molecule is CC(C)N(CC(F)(F)F)C(=O)C1CNC(=O)C1. The van der Waals surface area contributed by atoms with Crippen LogP contribution >= 0.6 is 0 Å². The number of carbonyl (C=O) groups excluding carboxylic acids is 2. The zero-order valence-electron chi connectivity index (χ0n) is 9.67. The number of rotatable bonds is 3. The summed E-state index contributed by atoms with van der Waals surface area (Å²) in [6.45, 7) is 1.90. The summed E-state index contributed by atoms with van der Waals surface area (Å²) in [5.41, 5.74) is 0. The second kappa shape index (κ2) is 4.93. The Hall–Kier alpha value is -1.27. The molecule has 0 saturated carbocycles. The highest BCUT2D eigenvalue weighted by Gasteiger charge is 2.38. The Morgan fingerprint density at radius 1 is 1.53 bits per heavy atom. The highest BCUT2D eigenvalue weighted by Crippen LogP contribution is 2.21. The van der Waals surface area contributed by atoms with Gasteiger partial charge in [-0.3, -0.25) is 9.59 Å². The topological polar surface area (TPSA) is 49.4 Å². The van der Waals surface area contributed by atoms with Crippen molar-refractivity contribution < 1.29 is 22.8 Å². The number of amides is 2. The van der Waals surface area contributed by atoms with E-state index < -0.39 is 30.6 Å². The molecule has 98 valence electrons. The standard InChI is InChI=1S/C10H15F3N2O2/c1-6(2)15(5-10(11,12)13)9(17)7-3-8(16)14-4-7/h6-7H,3-5H2,1-2H3,(H,14,16). The maximum absolute atomic E-state index is 12.3. The maximum atomic E-state index is 12.3. The molecule has 0 aliphatic carbocycles. The Balaban J connectivity index is 2.70. The first kappa shape index (κ1) is 13.8. The second-order valence-electron chi connectivity index (χ2n) is 4.38. The zero-order valence-corrected chi connectivity index (χ0v) is 9.67. The van der Waals surface area contributed by atoms with Crippen LogP contribution in [-0.2, 0) is 9.59 Å². The quantitative estimate of drug-likeness (QED) is 0.812. The van der Waals surface area contributed by atoms with Gasteiger partial charge in [-0.15, -0.1) is 0 Å². The summed E-state index contributed by atoms with van der Waals surface area (Å²) in [7, 11) is 0. The normalized spacial score (nSPS) is 20.6. The Bertz CT molecular complexity index is 315. The minimum Gasteiger partial charge on any atom is -0.355 e. The van der Waals surface area contributed by atoms with E-state index in [0.29, 0.717) is 0 Å². The molecule has 1 fully saturated rings. The maximum Gasteiger partial charge on any atom is 0.406 e. The lowest BCUT2D eigenvalue weighted by Crippen LogP contribution is -2.46. The molecular weight excluding hydrogens is 237 g/mol. The van der Waals surface area contributed by atoms with Crippen molar-refractivity contribution in [3.05, 3.63) is 0 Å². The Morgan fingerprint density at radius 2 is 2.12 bits per heavy atom. The zero-order chi connectivity index (χ0) is 13.2. The number of hydrogen-bond donors (Lipinski definition) is 1. The van der Waals surface area contributed by atoms with Gasteiger partial charge in [-0.2, -0.15) is 13.2 Å². The minimum atomic E-state index is -4.42. The van der Waals surface area contributed by atoms with Crippen molar-refractivity contribution in [1.82, 2.24) is 10.2 Å². The van der Waals surface area contributed by atoms with Crippen molar-refractivity contribution in [2.24, 2.45) is 5.92 Å². The van der Waals surface area contributed by atoms with Gasteiger partial charge >= 0.3 is 6.18 Å². The van der Waals surface area contributed by atoms with Gasteiger partial charge in [0.05, 0.1) is 5.92 Å². The van der Waals surface area contributed by atoms with Gasteiger partial charge in [0.1, 0.15) is 6.54 Å². The molecule has 1 rings (SSSR count). The van der Waals surface area contributed by atoms with Crippen molar-refractivity contribution in [3.63, 3.8) is 0 Å². The monoisotopic (exact) mass is 252 g/mol. The summed E-state index contributed by atoms with van der Waals surface area (Å²) in [6.07, 6.45) is -4.45. The molecular formula is C10H15F3N2O2. The first-order chi connectivity index (χ1) is 7.70. The van der Waals surface area contributed by atoms with Crippen LogP contribution in [0.1, 0.15) is 20.3 Å². The van der Waals surface area contributed by atoms with E-state index in [1.165, 1.54) is 13.8 Å². The van der Waals surface area contributed by atoms with Gasteiger partial charge < -0.3 is 10.2 Å². The summed E-state index contributed by atoms with van der Waals surface area (Å²) in [5.74, 6) is -1.58. The first-order valence-electron chi connectivity index (χ1n) is 5.34. The van der Waals surface area contributed by atoms with E-state index >= 15 is 0 Å². The lowest BCUT2D eigenvalue weighted by Gasteiger charge is -2.29. The lowest BCUT2D eigenvalue weighted by atomic mass is 10.1. The third kappa shape index (κ3) is 3.90. The smallest absolute Gasteiger partial charge is 0.355 e. The van der Waals surface area contributed by atoms with E-state index in [9.17, 15) is 22.8 Å². The molecule has 1 N–H and O–H groups in total. The Labute approximate surface area is 97.1 Å². The highest BCUT2D eigenvalue weighted by atomic mass is 19.4. The Kier molecular flexibility index (Phi) is 4.00. The summed E-state index contributed by atoms with van der Waals surface area (Å²) < 4.78 is 36.9. The number of hydrogen-bond acceptors (Lipinski definition) is 2. The molecule has 0 aromatic heterocycles. The number of nitrogens with one attached hydrogen (secondary N) is 1. The van der Waals surface area contributed by atoms with E-state index in [-0.39, 0.29) is 18.9 Å². The van der Waals surface area contributed by atoms with Crippen LogP contribution in [0.15, 0.2) is 0 Å². The highest BCUT2D eigenvalue weighted by molar-refractivity contribution is 5.89. The summed E-state index contributed by atoms with van der Waals surface area (Å²) in [6, 6.07) is -0.542. The molecule has 4 nitrogen and oxygen atoms in total. The Morgan fingerprint density at radius 3 is 2.47 bits per heavy atom. The first-order valence-corrected chi connectivity index (χ1v) is 5.34. The van der Waals surface area contributed by atoms with E-state index in [4.69, 9.17) is 0 Å². The molecule has 2 amide bonds. The fourth-order valence-electron chi connectivity index (χ4n) is 1.72. The number of carbonyl (C=O) groups is 2. The number of alkyl halides is 3. The summed E-state index contributed by atoms with van der Waals surface area (Å²) in [5, 5.41) is 2.44. The van der Waals surface area contributed by atoms with Crippen LogP contribution in [0.5, 0.6) is 0 Å². The lowest BCUT2D eigenvalue weighted by molar-refractivity contribution is -0.166.